The van der Waals surface area contributed by atoms with Crippen LogP contribution in [0, 0.1) is 0 Å². The van der Waals surface area contributed by atoms with E-state index in [9.17, 15) is 19.5 Å². The Labute approximate surface area is 246 Å². The summed E-state index contributed by atoms with van der Waals surface area (Å²) in [6.45, 7) is 6.96. The van der Waals surface area contributed by atoms with Gasteiger partial charge < -0.3 is 20.1 Å². The molecule has 3 rings (SSSR count). The number of likely N-dealkylation sites (N-methyl/N-ethyl adjacent to an activating group) is 2. The number of amides is 3. The van der Waals surface area contributed by atoms with Gasteiger partial charge >= 0.3 is 6.09 Å². The molecule has 220 valence electrons. The molecule has 0 saturated heterocycles. The number of aliphatic hydroxyl groups excluding tert-OH is 1. The SMILES string of the molecule is C[C@H](O)CNC(=O)[C@@H](Cc1cccs1)N(C)C(=O)[C@@H](Cc1ccc(-c2ccccc2)cc1)N(C)C(=O)OC(C)(C)C. The Morgan fingerprint density at radius 2 is 1.51 bits per heavy atom. The number of hydrogen-bond donors (Lipinski definition) is 2. The summed E-state index contributed by atoms with van der Waals surface area (Å²) in [7, 11) is 3.13. The highest BCUT2D eigenvalue weighted by atomic mass is 32.1. The third-order valence-corrected chi connectivity index (χ3v) is 7.49. The first-order chi connectivity index (χ1) is 19.4. The molecule has 3 aromatic rings. The van der Waals surface area contributed by atoms with E-state index in [4.69, 9.17) is 4.74 Å². The first kappa shape index (κ1) is 31.8. The van der Waals surface area contributed by atoms with Gasteiger partial charge in [0.15, 0.2) is 0 Å². The molecule has 0 radical (unpaired) electrons. The number of aliphatic hydroxyl groups is 1. The van der Waals surface area contributed by atoms with Gasteiger partial charge in [0.25, 0.3) is 0 Å². The average molecular weight is 580 g/mol. The van der Waals surface area contributed by atoms with Crippen LogP contribution in [-0.2, 0) is 27.2 Å². The third kappa shape index (κ3) is 9.43. The zero-order chi connectivity index (χ0) is 30.2. The predicted octanol–water partition coefficient (Wildman–Crippen LogP) is 4.76. The molecule has 8 nitrogen and oxygen atoms in total. The molecule has 2 aromatic carbocycles. The number of nitrogens with zero attached hydrogens (tertiary/aromatic N) is 2. The number of hydrogen-bond acceptors (Lipinski definition) is 6. The van der Waals surface area contributed by atoms with Gasteiger partial charge in [-0.15, -0.1) is 11.3 Å². The van der Waals surface area contributed by atoms with Gasteiger partial charge in [-0.25, -0.2) is 4.79 Å². The maximum Gasteiger partial charge on any atom is 0.410 e. The Balaban J connectivity index is 1.90. The molecule has 0 fully saturated rings. The molecule has 1 heterocycles. The monoisotopic (exact) mass is 579 g/mol. The van der Waals surface area contributed by atoms with Crippen molar-refractivity contribution in [3.63, 3.8) is 0 Å². The fourth-order valence-electron chi connectivity index (χ4n) is 4.32. The summed E-state index contributed by atoms with van der Waals surface area (Å²) in [5.74, 6) is -0.764. The predicted molar refractivity (Wildman–Crippen MR) is 163 cm³/mol. The molecule has 3 amide bonds. The minimum atomic E-state index is -0.923. The van der Waals surface area contributed by atoms with Gasteiger partial charge in [0.1, 0.15) is 17.7 Å². The van der Waals surface area contributed by atoms with Gasteiger partial charge in [0, 0.05) is 38.4 Å². The quantitative estimate of drug-likeness (QED) is 0.341. The molecule has 3 atom stereocenters. The first-order valence-electron chi connectivity index (χ1n) is 13.7. The highest BCUT2D eigenvalue weighted by molar-refractivity contribution is 7.09. The lowest BCUT2D eigenvalue weighted by molar-refractivity contribution is -0.142. The molecular formula is C32H41N3O5S. The van der Waals surface area contributed by atoms with Crippen LogP contribution in [0.2, 0.25) is 0 Å². The molecule has 0 unspecified atom stereocenters. The van der Waals surface area contributed by atoms with Crippen molar-refractivity contribution in [2.75, 3.05) is 20.6 Å². The molecular weight excluding hydrogens is 538 g/mol. The number of carbonyl (C=O) groups excluding carboxylic acids is 3. The summed E-state index contributed by atoms with van der Waals surface area (Å²) in [5, 5.41) is 14.4. The van der Waals surface area contributed by atoms with Crippen molar-refractivity contribution in [3.05, 3.63) is 82.6 Å². The van der Waals surface area contributed by atoms with Gasteiger partial charge in [-0.2, -0.15) is 0 Å². The summed E-state index contributed by atoms with van der Waals surface area (Å²) >= 11 is 1.50. The van der Waals surface area contributed by atoms with Gasteiger partial charge in [0.2, 0.25) is 11.8 Å². The van der Waals surface area contributed by atoms with Crippen molar-refractivity contribution in [1.29, 1.82) is 0 Å². The fraction of sp³-hybridized carbons (Fsp3) is 0.406. The molecule has 9 heteroatoms. The summed E-state index contributed by atoms with van der Waals surface area (Å²) in [5.41, 5.74) is 2.24. The number of nitrogens with one attached hydrogen (secondary N) is 1. The second kappa shape index (κ2) is 14.3. The Bertz CT molecular complexity index is 1270. The molecule has 2 N–H and O–H groups in total. The Morgan fingerprint density at radius 3 is 2.07 bits per heavy atom. The van der Waals surface area contributed by atoms with E-state index >= 15 is 0 Å². The van der Waals surface area contributed by atoms with Gasteiger partial charge in [-0.3, -0.25) is 14.5 Å². The molecule has 0 aliphatic carbocycles. The average Bonchev–Trinajstić information content (AvgIpc) is 3.45. The number of benzene rings is 2. The van der Waals surface area contributed by atoms with E-state index in [-0.39, 0.29) is 24.8 Å². The smallest absolute Gasteiger partial charge is 0.410 e. The van der Waals surface area contributed by atoms with Crippen LogP contribution in [0.5, 0.6) is 0 Å². The van der Waals surface area contributed by atoms with Gasteiger partial charge in [-0.1, -0.05) is 60.7 Å². The standard InChI is InChI=1S/C32H41N3O5S/c1-22(36)21-33-29(37)27(20-26-13-10-18-41-26)34(5)30(38)28(35(6)31(39)40-32(2,3)4)19-23-14-16-25(17-15-23)24-11-8-7-9-12-24/h7-18,22,27-28,36H,19-21H2,1-6H3,(H,33,37)/t22-,27+,28+/m0/s1. The minimum Gasteiger partial charge on any atom is -0.444 e. The maximum atomic E-state index is 14.1. The van der Waals surface area contributed by atoms with Crippen LogP contribution in [-0.4, -0.2) is 77.2 Å². The van der Waals surface area contributed by atoms with E-state index in [1.165, 1.54) is 21.1 Å². The van der Waals surface area contributed by atoms with Gasteiger partial charge in [0.05, 0.1) is 6.10 Å². The van der Waals surface area contributed by atoms with E-state index in [0.29, 0.717) is 6.42 Å². The van der Waals surface area contributed by atoms with Gasteiger partial charge in [-0.05, 0) is 55.8 Å². The van der Waals surface area contributed by atoms with Crippen LogP contribution in [0.4, 0.5) is 4.79 Å². The second-order valence-corrected chi connectivity index (χ2v) is 12.2. The molecule has 0 bridgehead atoms. The Hall–Kier alpha value is -3.69. The number of carbonyl (C=O) groups is 3. The van der Waals surface area contributed by atoms with Crippen LogP contribution in [0.1, 0.15) is 38.1 Å². The van der Waals surface area contributed by atoms with E-state index in [0.717, 1.165) is 21.6 Å². The summed E-state index contributed by atoms with van der Waals surface area (Å²) in [6.07, 6.45) is -0.819. The summed E-state index contributed by atoms with van der Waals surface area (Å²) in [4.78, 5) is 44.1. The van der Waals surface area contributed by atoms with Crippen LogP contribution < -0.4 is 5.32 Å². The minimum absolute atomic E-state index is 0.0663. The lowest BCUT2D eigenvalue weighted by Gasteiger charge is -2.35. The largest absolute Gasteiger partial charge is 0.444 e. The molecule has 41 heavy (non-hydrogen) atoms. The maximum absolute atomic E-state index is 14.1. The van der Waals surface area contributed by atoms with E-state index < -0.39 is 29.9 Å². The third-order valence-electron chi connectivity index (χ3n) is 6.59. The molecule has 0 saturated carbocycles. The van der Waals surface area contributed by atoms with Crippen molar-refractivity contribution in [1.82, 2.24) is 15.1 Å². The molecule has 0 spiro atoms. The van der Waals surface area contributed by atoms with Crippen LogP contribution in [0.25, 0.3) is 11.1 Å². The zero-order valence-electron chi connectivity index (χ0n) is 24.7. The summed E-state index contributed by atoms with van der Waals surface area (Å²) < 4.78 is 5.59. The van der Waals surface area contributed by atoms with Crippen molar-refractivity contribution in [2.24, 2.45) is 0 Å². The Kier molecular flexibility index (Phi) is 11.1. The van der Waals surface area contributed by atoms with Crippen molar-refractivity contribution in [3.8, 4) is 11.1 Å². The molecule has 0 aliphatic rings. The van der Waals surface area contributed by atoms with E-state index in [1.54, 1.807) is 41.8 Å². The fourth-order valence-corrected chi connectivity index (χ4v) is 5.06. The highest BCUT2D eigenvalue weighted by Crippen LogP contribution is 2.22. The van der Waals surface area contributed by atoms with Crippen molar-refractivity contribution in [2.45, 2.75) is 64.3 Å². The number of thiophene rings is 1. The lowest BCUT2D eigenvalue weighted by atomic mass is 9.99. The van der Waals surface area contributed by atoms with Crippen molar-refractivity contribution < 1.29 is 24.2 Å². The molecule has 0 aliphatic heterocycles. The number of ether oxygens (including phenoxy) is 1. The first-order valence-corrected chi connectivity index (χ1v) is 14.6. The normalized spacial score (nSPS) is 13.5. The second-order valence-electron chi connectivity index (χ2n) is 11.2. The topological polar surface area (TPSA) is 99.2 Å². The zero-order valence-corrected chi connectivity index (χ0v) is 25.5. The van der Waals surface area contributed by atoms with Crippen molar-refractivity contribution >= 4 is 29.2 Å². The lowest BCUT2D eigenvalue weighted by Crippen LogP contribution is -2.56. The molecule has 1 aromatic heterocycles. The van der Waals surface area contributed by atoms with E-state index in [2.05, 4.69) is 5.32 Å². The summed E-state index contributed by atoms with van der Waals surface area (Å²) in [6, 6.07) is 19.9. The van der Waals surface area contributed by atoms with E-state index in [1.807, 2.05) is 72.1 Å². The van der Waals surface area contributed by atoms with Crippen LogP contribution >= 0.6 is 11.3 Å². The Morgan fingerprint density at radius 1 is 0.878 bits per heavy atom. The van der Waals surface area contributed by atoms with Crippen LogP contribution in [0.3, 0.4) is 0 Å². The highest BCUT2D eigenvalue weighted by Gasteiger charge is 2.36. The van der Waals surface area contributed by atoms with Crippen LogP contribution in [0.15, 0.2) is 72.1 Å². The number of rotatable bonds is 11.